The molecular weight excluding hydrogens is 152 g/mol. The summed E-state index contributed by atoms with van der Waals surface area (Å²) in [5, 5.41) is 0. The van der Waals surface area contributed by atoms with Gasteiger partial charge in [-0.15, -0.1) is 0 Å². The van der Waals surface area contributed by atoms with Gasteiger partial charge in [0.2, 0.25) is 0 Å². The van der Waals surface area contributed by atoms with Crippen LogP contribution in [-0.4, -0.2) is 18.5 Å². The minimum Gasteiger partial charge on any atom is -0.370 e. The Morgan fingerprint density at radius 1 is 1.33 bits per heavy atom. The maximum absolute atomic E-state index is 5.73. The van der Waals surface area contributed by atoms with Gasteiger partial charge in [-0.1, -0.05) is 13.3 Å². The number of nitrogens with two attached hydrogens (primary N) is 3. The monoisotopic (exact) mass is 172 g/mol. The van der Waals surface area contributed by atoms with Gasteiger partial charge < -0.3 is 17.2 Å². The Kier molecular flexibility index (Phi) is 6.47. The van der Waals surface area contributed by atoms with Crippen molar-refractivity contribution in [3.63, 3.8) is 0 Å². The van der Waals surface area contributed by atoms with E-state index in [0.29, 0.717) is 6.04 Å². The van der Waals surface area contributed by atoms with Crippen molar-refractivity contribution in [1.82, 2.24) is 0 Å². The zero-order chi connectivity index (χ0) is 9.40. The number of unbranched alkanes of at least 4 members (excludes halogenated alkanes) is 1. The summed E-state index contributed by atoms with van der Waals surface area (Å²) in [5.74, 6) is 0.176. The van der Waals surface area contributed by atoms with E-state index in [9.17, 15) is 0 Å². The topological polar surface area (TPSA) is 90.4 Å². The third-order valence-electron chi connectivity index (χ3n) is 1.80. The average Bonchev–Trinajstić information content (AvgIpc) is 2.03. The normalized spacial score (nSPS) is 12.5. The molecule has 1 atom stereocenters. The predicted molar refractivity (Wildman–Crippen MR) is 52.8 cm³/mol. The highest BCUT2D eigenvalue weighted by atomic mass is 15.0. The Morgan fingerprint density at radius 3 is 2.50 bits per heavy atom. The Hall–Kier alpha value is -0.770. The van der Waals surface area contributed by atoms with Crippen molar-refractivity contribution in [1.29, 1.82) is 0 Å². The Morgan fingerprint density at radius 2 is 2.00 bits per heavy atom. The van der Waals surface area contributed by atoms with Crippen LogP contribution in [0.25, 0.3) is 0 Å². The summed E-state index contributed by atoms with van der Waals surface area (Å²) in [7, 11) is 0. The molecule has 0 spiro atoms. The summed E-state index contributed by atoms with van der Waals surface area (Å²) in [4.78, 5) is 3.88. The van der Waals surface area contributed by atoms with E-state index < -0.39 is 0 Å². The molecule has 1 unspecified atom stereocenters. The highest BCUT2D eigenvalue weighted by Crippen LogP contribution is 2.01. The van der Waals surface area contributed by atoms with Gasteiger partial charge in [-0.25, -0.2) is 0 Å². The molecule has 0 fully saturated rings. The molecule has 4 nitrogen and oxygen atoms in total. The number of rotatable bonds is 6. The summed E-state index contributed by atoms with van der Waals surface area (Å²) < 4.78 is 0. The van der Waals surface area contributed by atoms with Crippen LogP contribution in [0.1, 0.15) is 32.6 Å². The molecule has 0 aliphatic carbocycles. The van der Waals surface area contributed by atoms with Gasteiger partial charge >= 0.3 is 0 Å². The first kappa shape index (κ1) is 11.2. The molecule has 0 aromatic rings. The molecule has 0 bridgehead atoms. The maximum Gasteiger partial charge on any atom is 0.185 e. The van der Waals surface area contributed by atoms with E-state index in [-0.39, 0.29) is 5.96 Å². The largest absolute Gasteiger partial charge is 0.370 e. The fourth-order valence-corrected chi connectivity index (χ4v) is 0.931. The summed E-state index contributed by atoms with van der Waals surface area (Å²) in [6.07, 6.45) is 4.23. The first-order valence-corrected chi connectivity index (χ1v) is 4.47. The quantitative estimate of drug-likeness (QED) is 0.303. The van der Waals surface area contributed by atoms with Gasteiger partial charge in [-0.05, 0) is 19.3 Å². The molecule has 0 saturated heterocycles. The number of guanidine groups is 1. The fraction of sp³-hybridized carbons (Fsp3) is 0.875. The molecule has 4 heteroatoms. The maximum atomic E-state index is 5.73. The summed E-state index contributed by atoms with van der Waals surface area (Å²) in [6.45, 7) is 2.82. The van der Waals surface area contributed by atoms with E-state index in [0.717, 1.165) is 32.2 Å². The van der Waals surface area contributed by atoms with Crippen LogP contribution in [0.3, 0.4) is 0 Å². The lowest BCUT2D eigenvalue weighted by Crippen LogP contribution is -2.23. The van der Waals surface area contributed by atoms with Gasteiger partial charge in [0.1, 0.15) is 0 Å². The zero-order valence-electron chi connectivity index (χ0n) is 7.79. The van der Waals surface area contributed by atoms with E-state index in [1.54, 1.807) is 0 Å². The SMILES string of the molecule is CCC(N)CCCCN=C(N)N. The second kappa shape index (κ2) is 6.91. The third kappa shape index (κ3) is 7.34. The Balaban J connectivity index is 3.16. The van der Waals surface area contributed by atoms with Crippen LogP contribution in [-0.2, 0) is 0 Å². The van der Waals surface area contributed by atoms with Crippen LogP contribution >= 0.6 is 0 Å². The number of hydrogen-bond acceptors (Lipinski definition) is 2. The van der Waals surface area contributed by atoms with Crippen LogP contribution in [0.4, 0.5) is 0 Å². The van der Waals surface area contributed by atoms with Crippen molar-refractivity contribution in [2.45, 2.75) is 38.6 Å². The molecule has 0 heterocycles. The molecule has 0 aromatic carbocycles. The van der Waals surface area contributed by atoms with Crippen LogP contribution in [0, 0.1) is 0 Å². The van der Waals surface area contributed by atoms with Crippen molar-refractivity contribution in [2.75, 3.05) is 6.54 Å². The smallest absolute Gasteiger partial charge is 0.185 e. The molecule has 72 valence electrons. The number of aliphatic imine (C=N–C) groups is 1. The van der Waals surface area contributed by atoms with Crippen LogP contribution in [0.15, 0.2) is 4.99 Å². The first-order chi connectivity index (χ1) is 5.66. The van der Waals surface area contributed by atoms with Gasteiger partial charge in [-0.2, -0.15) is 0 Å². The lowest BCUT2D eigenvalue weighted by Gasteiger charge is -2.06. The molecule has 0 amide bonds. The first-order valence-electron chi connectivity index (χ1n) is 4.47. The van der Waals surface area contributed by atoms with E-state index >= 15 is 0 Å². The van der Waals surface area contributed by atoms with Gasteiger partial charge in [-0.3, -0.25) is 4.99 Å². The van der Waals surface area contributed by atoms with Crippen LogP contribution in [0.5, 0.6) is 0 Å². The second-order valence-electron chi connectivity index (χ2n) is 2.97. The van der Waals surface area contributed by atoms with E-state index in [4.69, 9.17) is 17.2 Å². The average molecular weight is 172 g/mol. The molecule has 0 aliphatic rings. The van der Waals surface area contributed by atoms with E-state index in [2.05, 4.69) is 11.9 Å². The second-order valence-corrected chi connectivity index (χ2v) is 2.97. The van der Waals surface area contributed by atoms with Crippen molar-refractivity contribution >= 4 is 5.96 Å². The minimum atomic E-state index is 0.176. The highest BCUT2D eigenvalue weighted by molar-refractivity contribution is 5.75. The Labute approximate surface area is 74.2 Å². The molecule has 0 rings (SSSR count). The standard InChI is InChI=1S/C8H20N4/c1-2-7(9)5-3-4-6-12-8(10)11/h7H,2-6,9H2,1H3,(H4,10,11,12). The van der Waals surface area contributed by atoms with Crippen molar-refractivity contribution < 1.29 is 0 Å². The lowest BCUT2D eigenvalue weighted by atomic mass is 10.1. The van der Waals surface area contributed by atoms with Gasteiger partial charge in [0, 0.05) is 12.6 Å². The van der Waals surface area contributed by atoms with Crippen molar-refractivity contribution in [2.24, 2.45) is 22.2 Å². The van der Waals surface area contributed by atoms with Crippen molar-refractivity contribution in [3.05, 3.63) is 0 Å². The highest BCUT2D eigenvalue weighted by Gasteiger charge is 1.97. The molecule has 0 radical (unpaired) electrons. The molecule has 0 saturated carbocycles. The number of nitrogens with zero attached hydrogens (tertiary/aromatic N) is 1. The minimum absolute atomic E-state index is 0.176. The molecule has 12 heavy (non-hydrogen) atoms. The molecule has 6 N–H and O–H groups in total. The Bertz CT molecular complexity index is 129. The molecule has 0 aromatic heterocycles. The number of hydrogen-bond donors (Lipinski definition) is 3. The van der Waals surface area contributed by atoms with Crippen molar-refractivity contribution in [3.8, 4) is 0 Å². The fourth-order valence-electron chi connectivity index (χ4n) is 0.931. The van der Waals surface area contributed by atoms with Gasteiger partial charge in [0.05, 0.1) is 0 Å². The summed E-state index contributed by atoms with van der Waals surface area (Å²) >= 11 is 0. The summed E-state index contributed by atoms with van der Waals surface area (Å²) in [5.41, 5.74) is 16.1. The summed E-state index contributed by atoms with van der Waals surface area (Å²) in [6, 6.07) is 0.337. The zero-order valence-corrected chi connectivity index (χ0v) is 7.79. The molecule has 0 aliphatic heterocycles. The lowest BCUT2D eigenvalue weighted by molar-refractivity contribution is 0.554. The van der Waals surface area contributed by atoms with E-state index in [1.165, 1.54) is 0 Å². The van der Waals surface area contributed by atoms with Gasteiger partial charge in [0.15, 0.2) is 5.96 Å². The van der Waals surface area contributed by atoms with Crippen LogP contribution < -0.4 is 17.2 Å². The third-order valence-corrected chi connectivity index (χ3v) is 1.80. The van der Waals surface area contributed by atoms with Gasteiger partial charge in [0.25, 0.3) is 0 Å². The predicted octanol–water partition coefficient (Wildman–Crippen LogP) is 0.167. The molecular formula is C8H20N4. The van der Waals surface area contributed by atoms with E-state index in [1.807, 2.05) is 0 Å². The van der Waals surface area contributed by atoms with Crippen LogP contribution in [0.2, 0.25) is 0 Å².